The number of nitrogens with zero attached hydrogens (tertiary/aromatic N) is 2. The van der Waals surface area contributed by atoms with Crippen LogP contribution in [0.25, 0.3) is 0 Å². The predicted octanol–water partition coefficient (Wildman–Crippen LogP) is 3.59. The van der Waals surface area contributed by atoms with Crippen LogP contribution >= 0.6 is 23.2 Å². The van der Waals surface area contributed by atoms with Gasteiger partial charge in [-0.1, -0.05) is 34.4 Å². The molecule has 3 saturated heterocycles. The minimum Gasteiger partial charge on any atom is -0.391 e. The summed E-state index contributed by atoms with van der Waals surface area (Å²) in [5.74, 6) is 0.616. The number of fused-ring (bicyclic) bond motifs is 3. The van der Waals surface area contributed by atoms with E-state index in [1.807, 2.05) is 12.1 Å². The maximum atomic E-state index is 6.09. The van der Waals surface area contributed by atoms with E-state index in [9.17, 15) is 0 Å². The molecule has 0 aromatic heterocycles. The van der Waals surface area contributed by atoms with Crippen molar-refractivity contribution in [3.8, 4) is 0 Å². The summed E-state index contributed by atoms with van der Waals surface area (Å²) in [5, 5.41) is 5.57. The number of piperidine rings is 3. The Hall–Kier alpha value is -0.770. The van der Waals surface area contributed by atoms with Gasteiger partial charge in [0.05, 0.1) is 5.71 Å². The van der Waals surface area contributed by atoms with E-state index in [1.54, 1.807) is 6.07 Å². The average Bonchev–Trinajstić information content (AvgIpc) is 2.43. The van der Waals surface area contributed by atoms with Crippen LogP contribution in [0.5, 0.6) is 0 Å². The third kappa shape index (κ3) is 3.04. The summed E-state index contributed by atoms with van der Waals surface area (Å²) in [6, 6.07) is 5.41. The Morgan fingerprint density at radius 2 is 2.05 bits per heavy atom. The van der Waals surface area contributed by atoms with E-state index in [4.69, 9.17) is 28.0 Å². The molecule has 0 spiro atoms. The summed E-state index contributed by atoms with van der Waals surface area (Å²) in [7, 11) is 0. The van der Waals surface area contributed by atoms with Gasteiger partial charge in [0.1, 0.15) is 6.61 Å². The smallest absolute Gasteiger partial charge is 0.143 e. The Bertz CT molecular complexity index is 496. The summed E-state index contributed by atoms with van der Waals surface area (Å²) >= 11 is 12.0. The van der Waals surface area contributed by atoms with Crippen molar-refractivity contribution in [3.05, 3.63) is 33.8 Å². The van der Waals surface area contributed by atoms with Gasteiger partial charge in [-0.25, -0.2) is 0 Å². The van der Waals surface area contributed by atoms with Gasteiger partial charge in [0.25, 0.3) is 0 Å². The second kappa shape index (κ2) is 5.70. The van der Waals surface area contributed by atoms with Crippen LogP contribution in [0.2, 0.25) is 10.0 Å². The average molecular weight is 299 g/mol. The molecule has 4 rings (SSSR count). The lowest BCUT2D eigenvalue weighted by molar-refractivity contribution is 0.118. The van der Waals surface area contributed by atoms with E-state index in [2.05, 4.69) is 10.1 Å². The first-order valence-corrected chi connectivity index (χ1v) is 7.33. The van der Waals surface area contributed by atoms with Gasteiger partial charge in [0, 0.05) is 28.1 Å². The van der Waals surface area contributed by atoms with E-state index in [1.165, 1.54) is 31.6 Å². The molecule has 1 aromatic carbocycles. The predicted molar refractivity (Wildman–Crippen MR) is 77.9 cm³/mol. The lowest BCUT2D eigenvalue weighted by Crippen LogP contribution is -2.47. The molecule has 5 heteroatoms. The number of halogens is 2. The molecular weight excluding hydrogens is 283 g/mol. The molecule has 3 fully saturated rings. The monoisotopic (exact) mass is 298 g/mol. The highest BCUT2D eigenvalue weighted by molar-refractivity contribution is 6.35. The molecule has 0 radical (unpaired) electrons. The number of hydrogen-bond acceptors (Lipinski definition) is 3. The van der Waals surface area contributed by atoms with Crippen molar-refractivity contribution >= 4 is 28.9 Å². The van der Waals surface area contributed by atoms with Crippen molar-refractivity contribution in [2.45, 2.75) is 19.4 Å². The van der Waals surface area contributed by atoms with E-state index < -0.39 is 0 Å². The second-order valence-corrected chi connectivity index (χ2v) is 5.99. The normalized spacial score (nSPS) is 27.8. The maximum Gasteiger partial charge on any atom is 0.143 e. The first-order chi connectivity index (χ1) is 9.22. The zero-order valence-electron chi connectivity index (χ0n) is 10.6. The summed E-state index contributed by atoms with van der Waals surface area (Å²) in [6.07, 6.45) is 2.42. The van der Waals surface area contributed by atoms with Crippen molar-refractivity contribution in [1.82, 2.24) is 4.90 Å². The Kier molecular flexibility index (Phi) is 3.96. The molecule has 0 amide bonds. The largest absolute Gasteiger partial charge is 0.391 e. The van der Waals surface area contributed by atoms with Crippen molar-refractivity contribution < 1.29 is 4.84 Å². The zero-order valence-corrected chi connectivity index (χ0v) is 12.1. The SMILES string of the molecule is Clc1ccc(CO/N=C2/CN3CCC2CC3)c(Cl)c1. The molecule has 3 aliphatic heterocycles. The topological polar surface area (TPSA) is 24.8 Å². The number of oxime groups is 1. The minimum absolute atomic E-state index is 0.395. The molecule has 0 saturated carbocycles. The first kappa shape index (κ1) is 13.2. The molecule has 0 N–H and O–H groups in total. The summed E-state index contributed by atoms with van der Waals surface area (Å²) in [4.78, 5) is 7.89. The van der Waals surface area contributed by atoms with Crippen LogP contribution in [-0.2, 0) is 11.4 Å². The third-order valence-corrected chi connectivity index (χ3v) is 4.45. The molecule has 0 aliphatic carbocycles. The number of benzene rings is 1. The Labute approximate surface area is 123 Å². The van der Waals surface area contributed by atoms with Gasteiger partial charge in [0.15, 0.2) is 0 Å². The molecule has 0 unspecified atom stereocenters. The number of hydrogen-bond donors (Lipinski definition) is 0. The minimum atomic E-state index is 0.395. The van der Waals surface area contributed by atoms with Crippen LogP contribution in [0.15, 0.2) is 23.4 Å². The van der Waals surface area contributed by atoms with Gasteiger partial charge in [-0.3, -0.25) is 4.90 Å². The van der Waals surface area contributed by atoms with Gasteiger partial charge in [-0.2, -0.15) is 0 Å². The van der Waals surface area contributed by atoms with Gasteiger partial charge in [0.2, 0.25) is 0 Å². The second-order valence-electron chi connectivity index (χ2n) is 5.14. The molecule has 2 bridgehead atoms. The summed E-state index contributed by atoms with van der Waals surface area (Å²) in [6.45, 7) is 3.75. The van der Waals surface area contributed by atoms with Crippen LogP contribution in [0.4, 0.5) is 0 Å². The molecule has 0 atom stereocenters. The van der Waals surface area contributed by atoms with Gasteiger partial charge >= 0.3 is 0 Å². The van der Waals surface area contributed by atoms with Crippen molar-refractivity contribution in [2.24, 2.45) is 11.1 Å². The lowest BCUT2D eigenvalue weighted by atomic mass is 9.87. The highest BCUT2D eigenvalue weighted by Crippen LogP contribution is 2.26. The van der Waals surface area contributed by atoms with Gasteiger partial charge < -0.3 is 4.84 Å². The Balaban J connectivity index is 1.60. The van der Waals surface area contributed by atoms with Gasteiger partial charge in [-0.15, -0.1) is 0 Å². The Morgan fingerprint density at radius 3 is 2.68 bits per heavy atom. The van der Waals surface area contributed by atoms with Crippen LogP contribution < -0.4 is 0 Å². The molecule has 3 aliphatic rings. The fourth-order valence-corrected chi connectivity index (χ4v) is 3.17. The zero-order chi connectivity index (χ0) is 13.2. The van der Waals surface area contributed by atoms with E-state index in [-0.39, 0.29) is 0 Å². The summed E-state index contributed by atoms with van der Waals surface area (Å²) in [5.41, 5.74) is 2.10. The Morgan fingerprint density at radius 1 is 1.26 bits per heavy atom. The van der Waals surface area contributed by atoms with Crippen molar-refractivity contribution in [1.29, 1.82) is 0 Å². The van der Waals surface area contributed by atoms with Crippen molar-refractivity contribution in [2.75, 3.05) is 19.6 Å². The highest BCUT2D eigenvalue weighted by Gasteiger charge is 2.31. The number of rotatable bonds is 3. The van der Waals surface area contributed by atoms with Gasteiger partial charge in [-0.05, 0) is 38.1 Å². The van der Waals surface area contributed by atoms with Crippen molar-refractivity contribution in [3.63, 3.8) is 0 Å². The maximum absolute atomic E-state index is 6.09. The molecule has 3 nitrogen and oxygen atoms in total. The first-order valence-electron chi connectivity index (χ1n) is 6.57. The van der Waals surface area contributed by atoms with Crippen LogP contribution in [0.1, 0.15) is 18.4 Å². The quantitative estimate of drug-likeness (QED) is 0.797. The van der Waals surface area contributed by atoms with Crippen LogP contribution in [0.3, 0.4) is 0 Å². The molecular formula is C14H16Cl2N2O. The molecule has 3 heterocycles. The molecule has 1 aromatic rings. The molecule has 19 heavy (non-hydrogen) atoms. The van der Waals surface area contributed by atoms with E-state index in [0.717, 1.165) is 12.1 Å². The fraction of sp³-hybridized carbons (Fsp3) is 0.500. The third-order valence-electron chi connectivity index (χ3n) is 3.86. The lowest BCUT2D eigenvalue weighted by Gasteiger charge is -2.39. The van der Waals surface area contributed by atoms with E-state index >= 15 is 0 Å². The highest BCUT2D eigenvalue weighted by atomic mass is 35.5. The standard InChI is InChI=1S/C14H16Cl2N2O/c15-12-2-1-11(13(16)7-12)9-19-17-14-8-18-5-3-10(14)4-6-18/h1-2,7,10H,3-6,8-9H2/b17-14-. The van der Waals surface area contributed by atoms with Crippen LogP contribution in [-0.4, -0.2) is 30.2 Å². The van der Waals surface area contributed by atoms with E-state index in [0.29, 0.717) is 22.6 Å². The fourth-order valence-electron chi connectivity index (χ4n) is 2.71. The summed E-state index contributed by atoms with van der Waals surface area (Å²) < 4.78 is 0. The molecule has 102 valence electrons. The van der Waals surface area contributed by atoms with Crippen LogP contribution in [0, 0.1) is 5.92 Å².